The molecular weight excluding hydrogens is 312 g/mol. The molecule has 2 rings (SSSR count). The Morgan fingerprint density at radius 2 is 1.95 bits per heavy atom. The summed E-state index contributed by atoms with van der Waals surface area (Å²) in [5, 5.41) is 0.248. The molecule has 0 atom stereocenters. The first-order valence-corrected chi connectivity index (χ1v) is 7.92. The molecule has 5 nitrogen and oxygen atoms in total. The van der Waals surface area contributed by atoms with Crippen molar-refractivity contribution in [2.75, 3.05) is 4.72 Å². The normalized spacial score (nSPS) is 11.2. The second-order valence-electron chi connectivity index (χ2n) is 4.49. The zero-order valence-corrected chi connectivity index (χ0v) is 13.0. The predicted octanol–water partition coefficient (Wildman–Crippen LogP) is 3.05. The lowest BCUT2D eigenvalue weighted by Crippen LogP contribution is -2.15. The molecule has 0 fully saturated rings. The lowest BCUT2D eigenvalue weighted by Gasteiger charge is -2.11. The molecule has 0 aliphatic carbocycles. The van der Waals surface area contributed by atoms with E-state index in [1.807, 2.05) is 0 Å². The van der Waals surface area contributed by atoms with E-state index in [4.69, 9.17) is 11.6 Å². The second kappa shape index (κ2) is 5.83. The fourth-order valence-corrected chi connectivity index (χ4v) is 2.97. The fraction of sp³-hybridized carbons (Fsp3) is 0.143. The molecule has 1 heterocycles. The molecule has 0 amide bonds. The molecular formula is C14H13ClN2O3S. The van der Waals surface area contributed by atoms with Gasteiger partial charge in [0.15, 0.2) is 5.78 Å². The largest absolute Gasteiger partial charge is 0.294 e. The Morgan fingerprint density at radius 1 is 1.29 bits per heavy atom. The third-order valence-electron chi connectivity index (χ3n) is 2.85. The van der Waals surface area contributed by atoms with E-state index in [9.17, 15) is 13.2 Å². The van der Waals surface area contributed by atoms with Crippen molar-refractivity contribution >= 4 is 33.1 Å². The first-order chi connectivity index (χ1) is 9.81. The fourth-order valence-electron chi connectivity index (χ4n) is 1.76. The number of hydrogen-bond acceptors (Lipinski definition) is 4. The van der Waals surface area contributed by atoms with Gasteiger partial charge in [-0.1, -0.05) is 23.7 Å². The number of sulfonamides is 1. The van der Waals surface area contributed by atoms with Crippen LogP contribution in [-0.2, 0) is 10.0 Å². The maximum atomic E-state index is 12.3. The number of hydrogen-bond donors (Lipinski definition) is 1. The van der Waals surface area contributed by atoms with E-state index in [0.717, 1.165) is 0 Å². The van der Waals surface area contributed by atoms with Crippen LogP contribution in [0.1, 0.15) is 22.8 Å². The summed E-state index contributed by atoms with van der Waals surface area (Å²) in [5.74, 6) is -0.223. The van der Waals surface area contributed by atoms with E-state index in [1.54, 1.807) is 25.1 Å². The third kappa shape index (κ3) is 3.40. The Labute approximate surface area is 128 Å². The van der Waals surface area contributed by atoms with E-state index in [2.05, 4.69) is 9.71 Å². The number of carbonyl (C=O) groups is 1. The summed E-state index contributed by atoms with van der Waals surface area (Å²) in [6, 6.07) is 7.84. The summed E-state index contributed by atoms with van der Waals surface area (Å²) in [7, 11) is -3.83. The number of Topliss-reactive ketones (excluding diaryl/α,β-unsaturated/α-hetero) is 1. The lowest BCUT2D eigenvalue weighted by molar-refractivity contribution is 0.101. The van der Waals surface area contributed by atoms with Crippen LogP contribution in [0.15, 0.2) is 41.4 Å². The molecule has 0 spiro atoms. The second-order valence-corrected chi connectivity index (χ2v) is 6.53. The van der Waals surface area contributed by atoms with Crippen LogP contribution in [0.5, 0.6) is 0 Å². The maximum Gasteiger partial charge on any atom is 0.263 e. The van der Waals surface area contributed by atoms with Crippen LogP contribution in [0.3, 0.4) is 0 Å². The van der Waals surface area contributed by atoms with Gasteiger partial charge in [-0.3, -0.25) is 9.52 Å². The highest BCUT2D eigenvalue weighted by molar-refractivity contribution is 7.92. The number of para-hydroxylation sites is 1. The number of aryl methyl sites for hydroxylation is 1. The minimum atomic E-state index is -3.83. The number of halogens is 1. The number of carbonyl (C=O) groups excluding carboxylic acids is 1. The Bertz CT molecular complexity index is 804. The van der Waals surface area contributed by atoms with Gasteiger partial charge in [0.25, 0.3) is 10.0 Å². The van der Waals surface area contributed by atoms with Gasteiger partial charge in [0.05, 0.1) is 5.69 Å². The summed E-state index contributed by atoms with van der Waals surface area (Å²) in [4.78, 5) is 15.3. The number of pyridine rings is 1. The van der Waals surface area contributed by atoms with E-state index in [0.29, 0.717) is 11.1 Å². The zero-order valence-electron chi connectivity index (χ0n) is 11.4. The molecule has 0 saturated carbocycles. The monoisotopic (exact) mass is 324 g/mol. The summed E-state index contributed by atoms with van der Waals surface area (Å²) >= 11 is 5.79. The molecule has 1 aromatic heterocycles. The molecule has 0 aliphatic heterocycles. The van der Waals surface area contributed by atoms with Gasteiger partial charge in [-0.15, -0.1) is 0 Å². The summed E-state index contributed by atoms with van der Waals surface area (Å²) < 4.78 is 27.1. The van der Waals surface area contributed by atoms with E-state index >= 15 is 0 Å². The van der Waals surface area contributed by atoms with Crippen LogP contribution in [0, 0.1) is 6.92 Å². The molecule has 0 unspecified atom stereocenters. The van der Waals surface area contributed by atoms with Crippen LogP contribution in [0.4, 0.5) is 5.69 Å². The molecule has 1 aromatic carbocycles. The Hall–Kier alpha value is -1.92. The highest BCUT2D eigenvalue weighted by atomic mass is 35.5. The van der Waals surface area contributed by atoms with Crippen molar-refractivity contribution in [3.05, 3.63) is 52.8 Å². The third-order valence-corrected chi connectivity index (χ3v) is 4.58. The smallest absolute Gasteiger partial charge is 0.263 e. The van der Waals surface area contributed by atoms with Crippen molar-refractivity contribution < 1.29 is 13.2 Å². The number of aromatic nitrogens is 1. The van der Waals surface area contributed by atoms with Crippen LogP contribution in [-0.4, -0.2) is 19.2 Å². The van der Waals surface area contributed by atoms with Crippen molar-refractivity contribution in [3.8, 4) is 0 Å². The van der Waals surface area contributed by atoms with Crippen LogP contribution < -0.4 is 4.72 Å². The van der Waals surface area contributed by atoms with Crippen LogP contribution in [0.25, 0.3) is 0 Å². The maximum absolute atomic E-state index is 12.3. The summed E-state index contributed by atoms with van der Waals surface area (Å²) in [6.07, 6.45) is 1.17. The zero-order chi connectivity index (χ0) is 15.6. The molecule has 1 N–H and O–H groups in total. The summed E-state index contributed by atoms with van der Waals surface area (Å²) in [6.45, 7) is 3.04. The van der Waals surface area contributed by atoms with Gasteiger partial charge in [-0.05, 0) is 37.6 Å². The van der Waals surface area contributed by atoms with E-state index in [-0.39, 0.29) is 21.5 Å². The van der Waals surface area contributed by atoms with Gasteiger partial charge in [-0.2, -0.15) is 0 Å². The van der Waals surface area contributed by atoms with E-state index < -0.39 is 10.0 Å². The van der Waals surface area contributed by atoms with Gasteiger partial charge in [-0.25, -0.2) is 13.4 Å². The number of ketones is 1. The van der Waals surface area contributed by atoms with Crippen molar-refractivity contribution in [1.82, 2.24) is 4.98 Å². The SMILES string of the molecule is CC(=O)c1ccccc1NS(=O)(=O)c1cnc(Cl)c(C)c1. The minimum Gasteiger partial charge on any atom is -0.294 e. The molecule has 0 saturated heterocycles. The van der Waals surface area contributed by atoms with Crippen molar-refractivity contribution in [1.29, 1.82) is 0 Å². The van der Waals surface area contributed by atoms with Gasteiger partial charge >= 0.3 is 0 Å². The number of nitrogens with one attached hydrogen (secondary N) is 1. The average Bonchev–Trinajstić information content (AvgIpc) is 2.41. The minimum absolute atomic E-state index is 0.0113. The predicted molar refractivity (Wildman–Crippen MR) is 81.2 cm³/mol. The molecule has 110 valence electrons. The van der Waals surface area contributed by atoms with Crippen molar-refractivity contribution in [2.24, 2.45) is 0 Å². The quantitative estimate of drug-likeness (QED) is 0.692. The average molecular weight is 325 g/mol. The van der Waals surface area contributed by atoms with Crippen LogP contribution >= 0.6 is 11.6 Å². The van der Waals surface area contributed by atoms with Gasteiger partial charge in [0.1, 0.15) is 10.0 Å². The van der Waals surface area contributed by atoms with Crippen LogP contribution in [0.2, 0.25) is 5.15 Å². The van der Waals surface area contributed by atoms with Crippen molar-refractivity contribution in [2.45, 2.75) is 18.7 Å². The number of benzene rings is 1. The first kappa shape index (κ1) is 15.5. The topological polar surface area (TPSA) is 76.1 Å². The standard InChI is InChI=1S/C14H13ClN2O3S/c1-9-7-11(8-16-14(9)15)21(19,20)17-13-6-4-3-5-12(13)10(2)18/h3-8,17H,1-2H3. The number of rotatable bonds is 4. The molecule has 0 aliphatic rings. The highest BCUT2D eigenvalue weighted by Gasteiger charge is 2.18. The Morgan fingerprint density at radius 3 is 2.57 bits per heavy atom. The Balaban J connectivity index is 2.42. The summed E-state index contributed by atoms with van der Waals surface area (Å²) in [5.41, 5.74) is 1.09. The Kier molecular flexibility index (Phi) is 4.29. The highest BCUT2D eigenvalue weighted by Crippen LogP contribution is 2.22. The van der Waals surface area contributed by atoms with Crippen molar-refractivity contribution in [3.63, 3.8) is 0 Å². The van der Waals surface area contributed by atoms with Gasteiger partial charge in [0.2, 0.25) is 0 Å². The van der Waals surface area contributed by atoms with Gasteiger partial charge in [0, 0.05) is 11.8 Å². The molecule has 2 aromatic rings. The van der Waals surface area contributed by atoms with Gasteiger partial charge < -0.3 is 0 Å². The number of nitrogens with zero attached hydrogens (tertiary/aromatic N) is 1. The van der Waals surface area contributed by atoms with E-state index in [1.165, 1.54) is 25.3 Å². The lowest BCUT2D eigenvalue weighted by atomic mass is 10.1. The molecule has 7 heteroatoms. The molecule has 21 heavy (non-hydrogen) atoms. The first-order valence-electron chi connectivity index (χ1n) is 6.06. The molecule has 0 bridgehead atoms. The number of anilines is 1. The molecule has 0 radical (unpaired) electrons.